The number of hydrogen-bond acceptors (Lipinski definition) is 4. The topological polar surface area (TPSA) is 90.5 Å². The first-order valence-corrected chi connectivity index (χ1v) is 12.1. The number of nitrogens with zero attached hydrogens (tertiary/aromatic N) is 1. The van der Waals surface area contributed by atoms with Crippen LogP contribution in [0.2, 0.25) is 0 Å². The molecule has 0 aliphatic carbocycles. The molecule has 0 aliphatic rings. The van der Waals surface area contributed by atoms with Crippen LogP contribution in [-0.2, 0) is 16.4 Å². The van der Waals surface area contributed by atoms with Crippen molar-refractivity contribution in [2.75, 3.05) is 38.6 Å². The van der Waals surface area contributed by atoms with Crippen molar-refractivity contribution in [3.63, 3.8) is 0 Å². The van der Waals surface area contributed by atoms with E-state index in [1.807, 2.05) is 55.4 Å². The quantitative estimate of drug-likeness (QED) is 0.411. The summed E-state index contributed by atoms with van der Waals surface area (Å²) in [6.07, 6.45) is 1.72. The Balaban J connectivity index is 1.47. The highest BCUT2D eigenvalue weighted by atomic mass is 32.2. The van der Waals surface area contributed by atoms with E-state index in [9.17, 15) is 13.2 Å². The van der Waals surface area contributed by atoms with Crippen molar-refractivity contribution in [1.82, 2.24) is 15.4 Å². The zero-order valence-corrected chi connectivity index (χ0v) is 19.3. The molecule has 0 spiro atoms. The Morgan fingerprint density at radius 3 is 2.25 bits per heavy atom. The minimum absolute atomic E-state index is 0.101. The lowest BCUT2D eigenvalue weighted by Gasteiger charge is -2.17. The Morgan fingerprint density at radius 2 is 1.50 bits per heavy atom. The van der Waals surface area contributed by atoms with Crippen molar-refractivity contribution in [3.8, 4) is 0 Å². The molecule has 0 aromatic heterocycles. The molecule has 8 heteroatoms. The van der Waals surface area contributed by atoms with Gasteiger partial charge in [-0.05, 0) is 30.5 Å². The molecule has 0 unspecified atom stereocenters. The number of carbonyl (C=O) groups is 1. The van der Waals surface area contributed by atoms with Gasteiger partial charge in [0.1, 0.15) is 0 Å². The monoisotopic (exact) mass is 454 g/mol. The van der Waals surface area contributed by atoms with Gasteiger partial charge in [-0.2, -0.15) is 0 Å². The van der Waals surface area contributed by atoms with E-state index in [1.165, 1.54) is 5.56 Å². The summed E-state index contributed by atoms with van der Waals surface area (Å²) in [5, 5.41) is 7.01. The Bertz CT molecular complexity index is 1150. The van der Waals surface area contributed by atoms with Gasteiger partial charge >= 0.3 is 6.03 Å². The zero-order valence-electron chi connectivity index (χ0n) is 18.5. The lowest BCUT2D eigenvalue weighted by molar-refractivity contribution is 0.241. The average molecular weight is 455 g/mol. The lowest BCUT2D eigenvalue weighted by atomic mass is 10.1. The normalized spacial score (nSPS) is 11.3. The van der Waals surface area contributed by atoms with Gasteiger partial charge in [0.2, 0.25) is 10.0 Å². The minimum Gasteiger partial charge on any atom is -0.377 e. The minimum atomic E-state index is -3.72. The maximum Gasteiger partial charge on any atom is 0.314 e. The lowest BCUT2D eigenvalue weighted by Crippen LogP contribution is -2.40. The van der Waals surface area contributed by atoms with E-state index in [0.717, 1.165) is 23.9 Å². The van der Waals surface area contributed by atoms with E-state index in [0.29, 0.717) is 11.9 Å². The van der Waals surface area contributed by atoms with E-state index in [1.54, 1.807) is 18.2 Å². The maximum absolute atomic E-state index is 12.9. The van der Waals surface area contributed by atoms with Gasteiger partial charge in [-0.15, -0.1) is 0 Å². The van der Waals surface area contributed by atoms with Crippen molar-refractivity contribution in [1.29, 1.82) is 0 Å². The average Bonchev–Trinajstić information content (AvgIpc) is 2.79. The highest BCUT2D eigenvalue weighted by Crippen LogP contribution is 2.29. The fourth-order valence-corrected chi connectivity index (χ4v) is 4.78. The molecule has 0 aliphatic heterocycles. The van der Waals surface area contributed by atoms with Crippen molar-refractivity contribution < 1.29 is 13.2 Å². The molecule has 3 N–H and O–H groups in total. The number of nitrogens with one attached hydrogen (secondary N) is 3. The number of hydrogen-bond donors (Lipinski definition) is 3. The number of aryl methyl sites for hydroxylation is 1. The summed E-state index contributed by atoms with van der Waals surface area (Å²) in [5.74, 6) is 0. The summed E-state index contributed by atoms with van der Waals surface area (Å²) in [5.41, 5.74) is 2.18. The summed E-state index contributed by atoms with van der Waals surface area (Å²) in [4.78, 5) is 14.1. The molecule has 0 saturated carbocycles. The molecule has 0 saturated heterocycles. The van der Waals surface area contributed by atoms with Crippen LogP contribution in [0.4, 0.5) is 10.5 Å². The summed E-state index contributed by atoms with van der Waals surface area (Å²) in [6, 6.07) is 20.6. The molecule has 170 valence electrons. The molecule has 0 radical (unpaired) electrons. The van der Waals surface area contributed by atoms with Gasteiger partial charge in [0.15, 0.2) is 0 Å². The van der Waals surface area contributed by atoms with E-state index in [4.69, 9.17) is 0 Å². The van der Waals surface area contributed by atoms with Crippen LogP contribution in [0.15, 0.2) is 71.6 Å². The molecule has 32 heavy (non-hydrogen) atoms. The molecule has 7 nitrogen and oxygen atoms in total. The van der Waals surface area contributed by atoms with Gasteiger partial charge in [0.05, 0.1) is 4.90 Å². The number of amides is 2. The Hall–Kier alpha value is -3.10. The molecule has 0 atom stereocenters. The van der Waals surface area contributed by atoms with Crippen LogP contribution in [0.1, 0.15) is 12.0 Å². The summed E-state index contributed by atoms with van der Waals surface area (Å²) in [6.45, 7) is 0.845. The van der Waals surface area contributed by atoms with Gasteiger partial charge in [0, 0.05) is 50.2 Å². The first-order chi connectivity index (χ1) is 15.4. The second-order valence-corrected chi connectivity index (χ2v) is 9.43. The van der Waals surface area contributed by atoms with Crippen molar-refractivity contribution in [3.05, 3.63) is 72.3 Å². The molecule has 3 rings (SSSR count). The van der Waals surface area contributed by atoms with E-state index < -0.39 is 10.0 Å². The first-order valence-electron chi connectivity index (χ1n) is 10.6. The third kappa shape index (κ3) is 6.21. The van der Waals surface area contributed by atoms with Gasteiger partial charge < -0.3 is 15.5 Å². The van der Waals surface area contributed by atoms with Crippen LogP contribution >= 0.6 is 0 Å². The molecule has 0 fully saturated rings. The second kappa shape index (κ2) is 11.0. The van der Waals surface area contributed by atoms with Crippen LogP contribution in [0.3, 0.4) is 0 Å². The fraction of sp³-hybridized carbons (Fsp3) is 0.292. The number of carbonyl (C=O) groups excluding carboxylic acids is 1. The van der Waals surface area contributed by atoms with Crippen LogP contribution in [-0.4, -0.2) is 48.2 Å². The number of rotatable bonds is 10. The Labute approximate surface area is 189 Å². The standard InChI is InChI=1S/C24H30N4O3S/c1-28(2)22-14-6-13-21-20(22)12-7-15-23(21)32(30,31)27-18-17-26-24(29)25-16-8-11-19-9-4-3-5-10-19/h3-7,9-10,12-15,27H,8,11,16-18H2,1-2H3,(H2,25,26,29). The van der Waals surface area contributed by atoms with Crippen LogP contribution in [0.25, 0.3) is 10.8 Å². The number of benzene rings is 3. The molecule has 0 heterocycles. The Morgan fingerprint density at radius 1 is 0.812 bits per heavy atom. The van der Waals surface area contributed by atoms with Crippen molar-refractivity contribution in [2.45, 2.75) is 17.7 Å². The molecule has 3 aromatic rings. The third-order valence-corrected chi connectivity index (χ3v) is 6.62. The molecule has 3 aromatic carbocycles. The molecule has 0 bridgehead atoms. The molecular formula is C24H30N4O3S. The largest absolute Gasteiger partial charge is 0.377 e. The SMILES string of the molecule is CN(C)c1cccc2c(S(=O)(=O)NCCNC(=O)NCCCc3ccccc3)cccc12. The van der Waals surface area contributed by atoms with E-state index >= 15 is 0 Å². The van der Waals surface area contributed by atoms with Crippen LogP contribution in [0, 0.1) is 0 Å². The second-order valence-electron chi connectivity index (χ2n) is 7.69. The van der Waals surface area contributed by atoms with E-state index in [-0.39, 0.29) is 24.0 Å². The highest BCUT2D eigenvalue weighted by Gasteiger charge is 2.18. The van der Waals surface area contributed by atoms with Gasteiger partial charge in [-0.1, -0.05) is 54.6 Å². The van der Waals surface area contributed by atoms with Crippen molar-refractivity contribution in [2.24, 2.45) is 0 Å². The number of fused-ring (bicyclic) bond motifs is 1. The highest BCUT2D eigenvalue weighted by molar-refractivity contribution is 7.89. The summed E-state index contributed by atoms with van der Waals surface area (Å²) >= 11 is 0. The first kappa shape index (κ1) is 23.6. The number of anilines is 1. The van der Waals surface area contributed by atoms with Gasteiger partial charge in [-0.25, -0.2) is 17.9 Å². The van der Waals surface area contributed by atoms with Gasteiger partial charge in [0.25, 0.3) is 0 Å². The maximum atomic E-state index is 12.9. The fourth-order valence-electron chi connectivity index (χ4n) is 3.53. The predicted molar refractivity (Wildman–Crippen MR) is 130 cm³/mol. The number of sulfonamides is 1. The van der Waals surface area contributed by atoms with Crippen LogP contribution in [0.5, 0.6) is 0 Å². The summed E-state index contributed by atoms with van der Waals surface area (Å²) < 4.78 is 28.3. The van der Waals surface area contributed by atoms with Crippen molar-refractivity contribution >= 4 is 32.5 Å². The zero-order chi connectivity index (χ0) is 23.0. The third-order valence-electron chi connectivity index (χ3n) is 5.10. The molecule has 2 amide bonds. The van der Waals surface area contributed by atoms with Crippen LogP contribution < -0.4 is 20.3 Å². The number of urea groups is 1. The van der Waals surface area contributed by atoms with Gasteiger partial charge in [-0.3, -0.25) is 0 Å². The Kier molecular flexibility index (Phi) is 8.08. The summed E-state index contributed by atoms with van der Waals surface area (Å²) in [7, 11) is 0.127. The smallest absolute Gasteiger partial charge is 0.314 e. The predicted octanol–water partition coefficient (Wildman–Crippen LogP) is 3.12. The van der Waals surface area contributed by atoms with E-state index in [2.05, 4.69) is 27.5 Å². The molecular weight excluding hydrogens is 424 g/mol.